The molecule has 3 nitrogen and oxygen atoms in total. The average molecular weight is 235 g/mol. The second kappa shape index (κ2) is 5.80. The Morgan fingerprint density at radius 3 is 2.94 bits per heavy atom. The van der Waals surface area contributed by atoms with Crippen LogP contribution in [0.2, 0.25) is 0 Å². The van der Waals surface area contributed by atoms with E-state index in [1.54, 1.807) is 0 Å². The molecular weight excluding hydrogens is 218 g/mol. The minimum Gasteiger partial charge on any atom is -0.370 e. The van der Waals surface area contributed by atoms with Crippen molar-refractivity contribution in [3.05, 3.63) is 30.3 Å². The number of thioether (sulfide) groups is 1. The van der Waals surface area contributed by atoms with Gasteiger partial charge >= 0.3 is 0 Å². The lowest BCUT2D eigenvalue weighted by Gasteiger charge is -2.07. The van der Waals surface area contributed by atoms with Crippen LogP contribution in [-0.4, -0.2) is 23.5 Å². The van der Waals surface area contributed by atoms with Crippen LogP contribution in [0.25, 0.3) is 0 Å². The number of nitrogens with zero attached hydrogens (tertiary/aromatic N) is 1. The Labute approximate surface area is 101 Å². The standard InChI is InChI=1S/C12H17N3S/c13-12(14-9-11-7-4-8-16-11)15-10-5-2-1-3-6-10/h1-3,5-6,11H,4,7-9H2,(H3,13,14,15). The molecule has 1 aliphatic heterocycles. The van der Waals surface area contributed by atoms with Gasteiger partial charge in [-0.3, -0.25) is 4.99 Å². The maximum Gasteiger partial charge on any atom is 0.193 e. The summed E-state index contributed by atoms with van der Waals surface area (Å²) in [6.45, 7) is 0.830. The smallest absolute Gasteiger partial charge is 0.193 e. The van der Waals surface area contributed by atoms with Crippen molar-refractivity contribution in [2.24, 2.45) is 10.7 Å². The van der Waals surface area contributed by atoms with Gasteiger partial charge in [0.2, 0.25) is 0 Å². The predicted octanol–water partition coefficient (Wildman–Crippen LogP) is 2.31. The van der Waals surface area contributed by atoms with Crippen molar-refractivity contribution in [1.29, 1.82) is 0 Å². The van der Waals surface area contributed by atoms with E-state index in [9.17, 15) is 0 Å². The molecule has 1 aromatic rings. The third kappa shape index (κ3) is 3.45. The molecule has 2 rings (SSSR count). The minimum atomic E-state index is 0.513. The Balaban J connectivity index is 1.82. The summed E-state index contributed by atoms with van der Waals surface area (Å²) in [5.74, 6) is 1.78. The topological polar surface area (TPSA) is 50.4 Å². The van der Waals surface area contributed by atoms with Gasteiger partial charge in [0.15, 0.2) is 5.96 Å². The molecule has 0 amide bonds. The first kappa shape index (κ1) is 11.3. The van der Waals surface area contributed by atoms with E-state index in [1.807, 2.05) is 42.1 Å². The number of hydrogen-bond acceptors (Lipinski definition) is 2. The Morgan fingerprint density at radius 1 is 1.44 bits per heavy atom. The molecule has 1 saturated heterocycles. The monoisotopic (exact) mass is 235 g/mol. The van der Waals surface area contributed by atoms with E-state index < -0.39 is 0 Å². The highest BCUT2D eigenvalue weighted by molar-refractivity contribution is 8.00. The van der Waals surface area contributed by atoms with Crippen LogP contribution in [0.3, 0.4) is 0 Å². The molecule has 1 aliphatic rings. The van der Waals surface area contributed by atoms with Gasteiger partial charge in [-0.15, -0.1) is 0 Å². The molecule has 16 heavy (non-hydrogen) atoms. The first-order chi connectivity index (χ1) is 7.84. The molecule has 0 bridgehead atoms. The Kier molecular flexibility index (Phi) is 4.10. The van der Waals surface area contributed by atoms with Crippen LogP contribution in [-0.2, 0) is 0 Å². The number of aliphatic imine (C=N–C) groups is 1. The SMILES string of the molecule is NC(=NCC1CCCS1)Nc1ccccc1. The Morgan fingerprint density at radius 2 is 2.25 bits per heavy atom. The van der Waals surface area contributed by atoms with Gasteiger partial charge in [-0.1, -0.05) is 18.2 Å². The fourth-order valence-electron chi connectivity index (χ4n) is 1.70. The van der Waals surface area contributed by atoms with Gasteiger partial charge in [0.1, 0.15) is 0 Å². The fourth-order valence-corrected chi connectivity index (χ4v) is 2.88. The second-order valence-corrected chi connectivity index (χ2v) is 5.26. The first-order valence-electron chi connectivity index (χ1n) is 5.58. The van der Waals surface area contributed by atoms with Gasteiger partial charge in [-0.05, 0) is 30.7 Å². The molecule has 1 unspecified atom stereocenters. The summed E-state index contributed by atoms with van der Waals surface area (Å²) in [6.07, 6.45) is 2.59. The maximum atomic E-state index is 5.81. The molecule has 4 heteroatoms. The summed E-state index contributed by atoms with van der Waals surface area (Å²) >= 11 is 2.00. The number of anilines is 1. The number of rotatable bonds is 3. The quantitative estimate of drug-likeness (QED) is 0.624. The van der Waals surface area contributed by atoms with Crippen molar-refractivity contribution < 1.29 is 0 Å². The lowest BCUT2D eigenvalue weighted by Crippen LogP contribution is -2.23. The third-order valence-corrected chi connectivity index (χ3v) is 3.92. The van der Waals surface area contributed by atoms with Gasteiger partial charge in [-0.2, -0.15) is 11.8 Å². The molecule has 1 fully saturated rings. The lowest BCUT2D eigenvalue weighted by molar-refractivity contribution is 0.786. The van der Waals surface area contributed by atoms with Crippen molar-refractivity contribution in [1.82, 2.24) is 0 Å². The molecule has 0 spiro atoms. The molecule has 0 saturated carbocycles. The summed E-state index contributed by atoms with van der Waals surface area (Å²) in [7, 11) is 0. The molecule has 3 N–H and O–H groups in total. The van der Waals surface area contributed by atoms with Crippen LogP contribution in [0.1, 0.15) is 12.8 Å². The van der Waals surface area contributed by atoms with Crippen molar-refractivity contribution in [2.75, 3.05) is 17.6 Å². The van der Waals surface area contributed by atoms with Crippen LogP contribution in [0.4, 0.5) is 5.69 Å². The molecule has 0 aliphatic carbocycles. The summed E-state index contributed by atoms with van der Waals surface area (Å²) in [4.78, 5) is 4.36. The zero-order chi connectivity index (χ0) is 11.2. The van der Waals surface area contributed by atoms with Crippen LogP contribution in [0, 0.1) is 0 Å². The molecule has 1 aromatic carbocycles. The van der Waals surface area contributed by atoms with Crippen molar-refractivity contribution >= 4 is 23.4 Å². The highest BCUT2D eigenvalue weighted by Gasteiger charge is 2.14. The Hall–Kier alpha value is -1.16. The van der Waals surface area contributed by atoms with Gasteiger partial charge in [0, 0.05) is 10.9 Å². The number of guanidine groups is 1. The van der Waals surface area contributed by atoms with E-state index >= 15 is 0 Å². The van der Waals surface area contributed by atoms with Crippen LogP contribution >= 0.6 is 11.8 Å². The molecular formula is C12H17N3S. The first-order valence-corrected chi connectivity index (χ1v) is 6.63. The van der Waals surface area contributed by atoms with Gasteiger partial charge in [0.25, 0.3) is 0 Å². The highest BCUT2D eigenvalue weighted by Crippen LogP contribution is 2.25. The zero-order valence-corrected chi connectivity index (χ0v) is 10.0. The van der Waals surface area contributed by atoms with Crippen molar-refractivity contribution in [3.63, 3.8) is 0 Å². The number of nitrogens with one attached hydrogen (secondary N) is 1. The van der Waals surface area contributed by atoms with E-state index in [0.29, 0.717) is 11.2 Å². The van der Waals surface area contributed by atoms with E-state index in [1.165, 1.54) is 18.6 Å². The zero-order valence-electron chi connectivity index (χ0n) is 9.23. The van der Waals surface area contributed by atoms with E-state index in [4.69, 9.17) is 5.73 Å². The molecule has 1 heterocycles. The van der Waals surface area contributed by atoms with Gasteiger partial charge in [0.05, 0.1) is 6.54 Å². The van der Waals surface area contributed by atoms with E-state index in [0.717, 1.165) is 12.2 Å². The number of hydrogen-bond donors (Lipinski definition) is 2. The molecule has 0 radical (unpaired) electrons. The fraction of sp³-hybridized carbons (Fsp3) is 0.417. The summed E-state index contributed by atoms with van der Waals surface area (Å²) < 4.78 is 0. The molecule has 0 aromatic heterocycles. The highest BCUT2D eigenvalue weighted by atomic mass is 32.2. The average Bonchev–Trinajstić information content (AvgIpc) is 2.81. The number of benzene rings is 1. The van der Waals surface area contributed by atoms with Crippen LogP contribution < -0.4 is 11.1 Å². The van der Waals surface area contributed by atoms with E-state index in [-0.39, 0.29) is 0 Å². The molecule has 86 valence electrons. The predicted molar refractivity (Wildman–Crippen MR) is 72.0 cm³/mol. The van der Waals surface area contributed by atoms with Crippen molar-refractivity contribution in [2.45, 2.75) is 18.1 Å². The van der Waals surface area contributed by atoms with Crippen molar-refractivity contribution in [3.8, 4) is 0 Å². The maximum absolute atomic E-state index is 5.81. The number of para-hydroxylation sites is 1. The third-order valence-electron chi connectivity index (χ3n) is 2.54. The minimum absolute atomic E-state index is 0.513. The van der Waals surface area contributed by atoms with E-state index in [2.05, 4.69) is 10.3 Å². The Bertz CT molecular complexity index is 345. The van der Waals surface area contributed by atoms with Crippen LogP contribution in [0.5, 0.6) is 0 Å². The summed E-state index contributed by atoms with van der Waals surface area (Å²) in [5, 5.41) is 3.75. The molecule has 1 atom stereocenters. The van der Waals surface area contributed by atoms with Crippen LogP contribution in [0.15, 0.2) is 35.3 Å². The van der Waals surface area contributed by atoms with Gasteiger partial charge in [-0.25, -0.2) is 0 Å². The summed E-state index contributed by atoms with van der Waals surface area (Å²) in [6, 6.07) is 9.89. The summed E-state index contributed by atoms with van der Waals surface area (Å²) in [5.41, 5.74) is 6.80. The van der Waals surface area contributed by atoms with Gasteiger partial charge < -0.3 is 11.1 Å². The largest absolute Gasteiger partial charge is 0.370 e. The second-order valence-electron chi connectivity index (χ2n) is 3.85. The normalized spacial score (nSPS) is 21.0. The number of nitrogens with two attached hydrogens (primary N) is 1. The lowest BCUT2D eigenvalue weighted by atomic mass is 10.2.